The van der Waals surface area contributed by atoms with Crippen molar-refractivity contribution < 1.29 is 9.84 Å². The van der Waals surface area contributed by atoms with Gasteiger partial charge in [0.25, 0.3) is 0 Å². The van der Waals surface area contributed by atoms with Gasteiger partial charge in [-0.3, -0.25) is 10.4 Å². The lowest BCUT2D eigenvalue weighted by molar-refractivity contribution is 0.373. The molecule has 0 amide bonds. The molecule has 1 aromatic carbocycles. The van der Waals surface area contributed by atoms with Gasteiger partial charge in [0.2, 0.25) is 0 Å². The number of pyridine rings is 1. The molecule has 0 unspecified atom stereocenters. The first-order valence-electron chi connectivity index (χ1n) is 5.35. The van der Waals surface area contributed by atoms with Gasteiger partial charge in [-0.25, -0.2) is 0 Å². The molecule has 0 aliphatic rings. The second-order valence-electron chi connectivity index (χ2n) is 3.54. The fourth-order valence-electron chi connectivity index (χ4n) is 1.38. The predicted molar refractivity (Wildman–Crippen MR) is 70.1 cm³/mol. The van der Waals surface area contributed by atoms with E-state index in [9.17, 15) is 5.11 Å². The van der Waals surface area contributed by atoms with Crippen LogP contribution >= 0.6 is 0 Å². The van der Waals surface area contributed by atoms with Crippen LogP contribution in [-0.4, -0.2) is 23.4 Å². The molecule has 0 aliphatic carbocycles. The molecule has 0 aliphatic heterocycles. The number of anilines is 1. The van der Waals surface area contributed by atoms with Crippen molar-refractivity contribution in [1.29, 1.82) is 0 Å². The van der Waals surface area contributed by atoms with Crippen LogP contribution in [0.25, 0.3) is 0 Å². The molecule has 18 heavy (non-hydrogen) atoms. The summed E-state index contributed by atoms with van der Waals surface area (Å²) in [5, 5.41) is 13.5. The summed E-state index contributed by atoms with van der Waals surface area (Å²) in [5.41, 5.74) is 4.55. The van der Waals surface area contributed by atoms with Crippen molar-refractivity contribution in [3.05, 3.63) is 48.3 Å². The molecular weight excluding hydrogens is 230 g/mol. The topological polar surface area (TPSA) is 66.7 Å². The third-order valence-corrected chi connectivity index (χ3v) is 2.29. The minimum absolute atomic E-state index is 0.108. The van der Waals surface area contributed by atoms with Crippen molar-refractivity contribution in [3.8, 4) is 11.5 Å². The molecule has 1 heterocycles. The monoisotopic (exact) mass is 243 g/mol. The zero-order valence-corrected chi connectivity index (χ0v) is 9.87. The summed E-state index contributed by atoms with van der Waals surface area (Å²) in [6, 6.07) is 8.64. The second kappa shape index (κ2) is 5.67. The molecule has 0 atom stereocenters. The van der Waals surface area contributed by atoms with Crippen molar-refractivity contribution in [3.63, 3.8) is 0 Å². The summed E-state index contributed by atoms with van der Waals surface area (Å²) in [4.78, 5) is 3.91. The number of nitrogens with one attached hydrogen (secondary N) is 1. The van der Waals surface area contributed by atoms with E-state index in [1.807, 2.05) is 12.1 Å². The molecule has 1 aromatic heterocycles. The highest BCUT2D eigenvalue weighted by atomic mass is 16.5. The van der Waals surface area contributed by atoms with E-state index in [-0.39, 0.29) is 5.75 Å². The number of methoxy groups -OCH3 is 1. The van der Waals surface area contributed by atoms with Gasteiger partial charge in [-0.1, -0.05) is 0 Å². The first-order chi connectivity index (χ1) is 8.79. The number of nitrogens with zero attached hydrogens (tertiary/aromatic N) is 2. The Morgan fingerprint density at radius 2 is 2.06 bits per heavy atom. The number of hydrazone groups is 1. The zero-order valence-electron chi connectivity index (χ0n) is 9.87. The number of aromatic nitrogens is 1. The van der Waals surface area contributed by atoms with Gasteiger partial charge in [0.15, 0.2) is 11.5 Å². The third kappa shape index (κ3) is 2.98. The van der Waals surface area contributed by atoms with Gasteiger partial charge in [-0.05, 0) is 35.9 Å². The van der Waals surface area contributed by atoms with E-state index in [1.165, 1.54) is 7.11 Å². The molecule has 0 saturated heterocycles. The molecule has 5 nitrogen and oxygen atoms in total. The van der Waals surface area contributed by atoms with Gasteiger partial charge in [0, 0.05) is 12.4 Å². The summed E-state index contributed by atoms with van der Waals surface area (Å²) < 4.78 is 5.01. The number of aromatic hydroxyl groups is 1. The van der Waals surface area contributed by atoms with E-state index in [0.717, 1.165) is 11.3 Å². The lowest BCUT2D eigenvalue weighted by atomic mass is 10.2. The third-order valence-electron chi connectivity index (χ3n) is 2.29. The largest absolute Gasteiger partial charge is 0.504 e. The minimum atomic E-state index is 0.108. The van der Waals surface area contributed by atoms with E-state index >= 15 is 0 Å². The fourth-order valence-corrected chi connectivity index (χ4v) is 1.38. The standard InChI is InChI=1S/C13H13N3O2/c1-18-13-8-10(2-3-12(13)17)9-15-16-11-4-6-14-7-5-11/h2-9,17H,1H3,(H,14,16)/b15-9-. The van der Waals surface area contributed by atoms with Crippen LogP contribution < -0.4 is 10.2 Å². The average molecular weight is 243 g/mol. The Labute approximate surface area is 105 Å². The molecule has 0 fully saturated rings. The molecule has 92 valence electrons. The van der Waals surface area contributed by atoms with Crippen LogP contribution in [0, 0.1) is 0 Å². The summed E-state index contributed by atoms with van der Waals surface area (Å²) in [6.45, 7) is 0. The number of hydrogen-bond donors (Lipinski definition) is 2. The van der Waals surface area contributed by atoms with Crippen molar-refractivity contribution in [2.24, 2.45) is 5.10 Å². The van der Waals surface area contributed by atoms with E-state index in [2.05, 4.69) is 15.5 Å². The molecule has 0 saturated carbocycles. The number of phenols is 1. The smallest absolute Gasteiger partial charge is 0.161 e. The highest BCUT2D eigenvalue weighted by molar-refractivity contribution is 5.81. The van der Waals surface area contributed by atoms with Gasteiger partial charge >= 0.3 is 0 Å². The van der Waals surface area contributed by atoms with Gasteiger partial charge < -0.3 is 9.84 Å². The minimum Gasteiger partial charge on any atom is -0.504 e. The molecule has 0 bridgehead atoms. The Bertz CT molecular complexity index is 541. The summed E-state index contributed by atoms with van der Waals surface area (Å²) >= 11 is 0. The quantitative estimate of drug-likeness (QED) is 0.638. The maximum Gasteiger partial charge on any atom is 0.161 e. The van der Waals surface area contributed by atoms with Gasteiger partial charge in [-0.15, -0.1) is 0 Å². The van der Waals surface area contributed by atoms with Gasteiger partial charge in [0.05, 0.1) is 19.0 Å². The van der Waals surface area contributed by atoms with Gasteiger partial charge in [-0.2, -0.15) is 5.10 Å². The SMILES string of the molecule is COc1cc(/C=N\Nc2ccncc2)ccc1O. The predicted octanol–water partition coefficient (Wildman–Crippen LogP) is 2.24. The van der Waals surface area contributed by atoms with Crippen molar-refractivity contribution >= 4 is 11.9 Å². The van der Waals surface area contributed by atoms with Crippen LogP contribution in [0.15, 0.2) is 47.8 Å². The lowest BCUT2D eigenvalue weighted by Crippen LogP contribution is -1.91. The molecule has 2 rings (SSSR count). The molecule has 5 heteroatoms. The number of benzene rings is 1. The van der Waals surface area contributed by atoms with Crippen LogP contribution in [0.5, 0.6) is 11.5 Å². The van der Waals surface area contributed by atoms with Crippen LogP contribution in [-0.2, 0) is 0 Å². The fraction of sp³-hybridized carbons (Fsp3) is 0.0769. The Morgan fingerprint density at radius 1 is 1.28 bits per heavy atom. The van der Waals surface area contributed by atoms with Crippen molar-refractivity contribution in [1.82, 2.24) is 4.98 Å². The summed E-state index contributed by atoms with van der Waals surface area (Å²) in [5.74, 6) is 0.527. The van der Waals surface area contributed by atoms with E-state index in [1.54, 1.807) is 36.8 Å². The molecule has 0 radical (unpaired) electrons. The van der Waals surface area contributed by atoms with Crippen LogP contribution in [0.4, 0.5) is 5.69 Å². The molecule has 0 spiro atoms. The Hall–Kier alpha value is -2.56. The Kier molecular flexibility index (Phi) is 3.76. The number of rotatable bonds is 4. The Morgan fingerprint density at radius 3 is 2.78 bits per heavy atom. The van der Waals surface area contributed by atoms with E-state index < -0.39 is 0 Å². The van der Waals surface area contributed by atoms with Crippen LogP contribution in [0.3, 0.4) is 0 Å². The number of hydrogen-bond acceptors (Lipinski definition) is 5. The number of ether oxygens (including phenoxy) is 1. The van der Waals surface area contributed by atoms with Crippen molar-refractivity contribution in [2.45, 2.75) is 0 Å². The number of phenolic OH excluding ortho intramolecular Hbond substituents is 1. The zero-order chi connectivity index (χ0) is 12.8. The van der Waals surface area contributed by atoms with Crippen LogP contribution in [0.1, 0.15) is 5.56 Å². The van der Waals surface area contributed by atoms with Crippen LogP contribution in [0.2, 0.25) is 0 Å². The highest BCUT2D eigenvalue weighted by Crippen LogP contribution is 2.25. The van der Waals surface area contributed by atoms with E-state index in [0.29, 0.717) is 5.75 Å². The highest BCUT2D eigenvalue weighted by Gasteiger charge is 2.00. The first-order valence-corrected chi connectivity index (χ1v) is 5.35. The average Bonchev–Trinajstić information content (AvgIpc) is 2.42. The molecular formula is C13H13N3O2. The molecule has 2 aromatic rings. The second-order valence-corrected chi connectivity index (χ2v) is 3.54. The van der Waals surface area contributed by atoms with Gasteiger partial charge in [0.1, 0.15) is 0 Å². The maximum absolute atomic E-state index is 9.45. The lowest BCUT2D eigenvalue weighted by Gasteiger charge is -2.03. The molecule has 2 N–H and O–H groups in total. The maximum atomic E-state index is 9.45. The normalized spacial score (nSPS) is 10.5. The first kappa shape index (κ1) is 11.9. The van der Waals surface area contributed by atoms with E-state index in [4.69, 9.17) is 4.74 Å². The Balaban J connectivity index is 2.05. The summed E-state index contributed by atoms with van der Waals surface area (Å²) in [6.07, 6.45) is 5.01. The van der Waals surface area contributed by atoms with Crippen molar-refractivity contribution in [2.75, 3.05) is 12.5 Å². The summed E-state index contributed by atoms with van der Waals surface area (Å²) in [7, 11) is 1.51.